The molecule has 0 spiro atoms. The summed E-state index contributed by atoms with van der Waals surface area (Å²) in [6.07, 6.45) is -13.9. The van der Waals surface area contributed by atoms with Crippen molar-refractivity contribution in [3.63, 3.8) is 0 Å². The first-order valence-corrected chi connectivity index (χ1v) is 5.85. The van der Waals surface area contributed by atoms with Crippen molar-refractivity contribution in [1.29, 1.82) is 0 Å². The lowest BCUT2D eigenvalue weighted by atomic mass is 9.92. The molecule has 0 fully saturated rings. The highest BCUT2D eigenvalue weighted by Crippen LogP contribution is 2.58. The van der Waals surface area contributed by atoms with Crippen LogP contribution in [0.25, 0.3) is 0 Å². The maximum atomic E-state index is 13.0. The Morgan fingerprint density at radius 1 is 0.440 bits per heavy atom. The van der Waals surface area contributed by atoms with Gasteiger partial charge in [0.05, 0.1) is 6.42 Å². The minimum atomic E-state index is -7.63. The normalized spacial score (nSPS) is 16.3. The predicted octanol–water partition coefficient (Wildman–Crippen LogP) is 6.16. The highest BCUT2D eigenvalue weighted by Gasteiger charge is 2.84. The van der Waals surface area contributed by atoms with Crippen molar-refractivity contribution in [2.75, 3.05) is 0 Å². The molecular weight excluding hydrogens is 405 g/mol. The molecule has 0 heterocycles. The summed E-state index contributed by atoms with van der Waals surface area (Å²) in [5.74, 6) is -41.6. The summed E-state index contributed by atoms with van der Waals surface area (Å²) >= 11 is 0. The number of rotatable bonds is 7. The summed E-state index contributed by atoms with van der Waals surface area (Å²) in [7, 11) is 0. The van der Waals surface area contributed by atoms with Gasteiger partial charge in [-0.1, -0.05) is 6.92 Å². The number of hydrogen-bond donors (Lipinski definition) is 0. The summed E-state index contributed by atoms with van der Waals surface area (Å²) in [5, 5.41) is 0. The third-order valence-electron chi connectivity index (χ3n) is 3.02. The van der Waals surface area contributed by atoms with Crippen LogP contribution in [0.15, 0.2) is 0 Å². The fourth-order valence-electron chi connectivity index (χ4n) is 1.40. The molecule has 25 heavy (non-hydrogen) atoms. The van der Waals surface area contributed by atoms with Crippen LogP contribution in [-0.2, 0) is 0 Å². The molecular formula is C10H7F15. The van der Waals surface area contributed by atoms with Crippen LogP contribution in [0.5, 0.6) is 0 Å². The van der Waals surface area contributed by atoms with Gasteiger partial charge in [0.25, 0.3) is 0 Å². The maximum absolute atomic E-state index is 13.0. The molecule has 0 bridgehead atoms. The summed E-state index contributed by atoms with van der Waals surface area (Å²) < 4.78 is 189. The fraction of sp³-hybridized carbons (Fsp3) is 1.00. The van der Waals surface area contributed by atoms with Gasteiger partial charge in [-0.3, -0.25) is 0 Å². The van der Waals surface area contributed by atoms with Crippen molar-refractivity contribution in [1.82, 2.24) is 0 Å². The van der Waals surface area contributed by atoms with Crippen molar-refractivity contribution >= 4 is 0 Å². The molecule has 0 saturated heterocycles. The summed E-state index contributed by atoms with van der Waals surface area (Å²) in [6, 6.07) is 0. The van der Waals surface area contributed by atoms with Crippen LogP contribution < -0.4 is 0 Å². The average Bonchev–Trinajstić information content (AvgIpc) is 2.35. The first-order chi connectivity index (χ1) is 10.5. The largest absolute Gasteiger partial charge is 0.460 e. The molecule has 0 N–H and O–H groups in total. The summed E-state index contributed by atoms with van der Waals surface area (Å²) in [6.45, 7) is 0.175. The molecule has 0 saturated carbocycles. The van der Waals surface area contributed by atoms with E-state index in [2.05, 4.69) is 0 Å². The van der Waals surface area contributed by atoms with Crippen LogP contribution in [0.4, 0.5) is 65.9 Å². The van der Waals surface area contributed by atoms with Gasteiger partial charge >= 0.3 is 41.7 Å². The molecule has 0 aliphatic heterocycles. The lowest BCUT2D eigenvalue weighted by molar-refractivity contribution is -0.408. The summed E-state index contributed by atoms with van der Waals surface area (Å²) in [5.41, 5.74) is 0. The Hall–Kier alpha value is -1.05. The van der Waals surface area contributed by atoms with E-state index in [-0.39, 0.29) is 6.92 Å². The molecule has 0 aromatic rings. The molecule has 0 amide bonds. The first kappa shape index (κ1) is 23.9. The van der Waals surface area contributed by atoms with Crippen LogP contribution in [-0.4, -0.2) is 41.7 Å². The standard InChI is InChI=1S/C10H7F15/c1-2-4(11,12)7(17,18)5(13,14)3-6(15,16)8(19,20)9(21,22)10(23,24)25/h2-3H2,1H3. The molecule has 152 valence electrons. The van der Waals surface area contributed by atoms with E-state index in [9.17, 15) is 65.9 Å². The van der Waals surface area contributed by atoms with Crippen LogP contribution >= 0.6 is 0 Å². The molecule has 0 rings (SSSR count). The number of halogens is 15. The van der Waals surface area contributed by atoms with Crippen molar-refractivity contribution in [3.8, 4) is 0 Å². The van der Waals surface area contributed by atoms with E-state index >= 15 is 0 Å². The van der Waals surface area contributed by atoms with Gasteiger partial charge in [0, 0.05) is 6.42 Å². The van der Waals surface area contributed by atoms with Gasteiger partial charge in [-0.05, 0) is 0 Å². The lowest BCUT2D eigenvalue weighted by Gasteiger charge is -2.38. The zero-order valence-electron chi connectivity index (χ0n) is 11.6. The minimum absolute atomic E-state index is 0.175. The van der Waals surface area contributed by atoms with Crippen molar-refractivity contribution in [2.24, 2.45) is 0 Å². The smallest absolute Gasteiger partial charge is 0.200 e. The van der Waals surface area contributed by atoms with Crippen molar-refractivity contribution in [3.05, 3.63) is 0 Å². The van der Waals surface area contributed by atoms with Gasteiger partial charge in [0.2, 0.25) is 0 Å². The molecule has 0 aromatic heterocycles. The van der Waals surface area contributed by atoms with Gasteiger partial charge in [0.15, 0.2) is 0 Å². The highest BCUT2D eigenvalue weighted by molar-refractivity contribution is 5.05. The molecule has 0 aliphatic rings. The molecule has 0 aromatic carbocycles. The van der Waals surface area contributed by atoms with E-state index in [1.807, 2.05) is 0 Å². The Bertz CT molecular complexity index is 471. The second-order valence-corrected chi connectivity index (χ2v) is 4.86. The van der Waals surface area contributed by atoms with E-state index < -0.39 is 54.6 Å². The fourth-order valence-corrected chi connectivity index (χ4v) is 1.40. The Labute approximate surface area is 129 Å². The summed E-state index contributed by atoms with van der Waals surface area (Å²) in [4.78, 5) is 0. The number of alkyl halides is 15. The lowest BCUT2D eigenvalue weighted by Crippen LogP contribution is -2.64. The van der Waals surface area contributed by atoms with Crippen LogP contribution in [0, 0.1) is 0 Å². The van der Waals surface area contributed by atoms with Gasteiger partial charge in [-0.15, -0.1) is 0 Å². The van der Waals surface area contributed by atoms with Gasteiger partial charge in [0.1, 0.15) is 0 Å². The maximum Gasteiger partial charge on any atom is 0.460 e. The van der Waals surface area contributed by atoms with Crippen LogP contribution in [0.3, 0.4) is 0 Å². The van der Waals surface area contributed by atoms with Gasteiger partial charge in [-0.25, -0.2) is 0 Å². The van der Waals surface area contributed by atoms with E-state index in [0.29, 0.717) is 0 Å². The zero-order valence-corrected chi connectivity index (χ0v) is 11.6. The molecule has 0 unspecified atom stereocenters. The zero-order chi connectivity index (χ0) is 20.9. The molecule has 0 radical (unpaired) electrons. The molecule has 15 heteroatoms. The Kier molecular flexibility index (Phi) is 5.74. The van der Waals surface area contributed by atoms with Gasteiger partial charge < -0.3 is 0 Å². The highest BCUT2D eigenvalue weighted by atomic mass is 19.4. The predicted molar refractivity (Wildman–Crippen MR) is 50.6 cm³/mol. The SMILES string of the molecule is CCC(F)(F)C(F)(F)C(F)(F)CC(F)(F)C(F)(F)C(F)(F)C(F)(F)F. The second-order valence-electron chi connectivity index (χ2n) is 4.86. The van der Waals surface area contributed by atoms with Gasteiger partial charge in [-0.2, -0.15) is 65.9 Å². The quantitative estimate of drug-likeness (QED) is 0.440. The van der Waals surface area contributed by atoms with E-state index in [1.54, 1.807) is 0 Å². The molecule has 0 nitrogen and oxygen atoms in total. The third-order valence-corrected chi connectivity index (χ3v) is 3.02. The molecule has 0 aliphatic carbocycles. The van der Waals surface area contributed by atoms with Crippen molar-refractivity contribution in [2.45, 2.75) is 61.5 Å². The Morgan fingerprint density at radius 2 is 0.760 bits per heavy atom. The van der Waals surface area contributed by atoms with Crippen LogP contribution in [0.2, 0.25) is 0 Å². The first-order valence-electron chi connectivity index (χ1n) is 5.85. The third kappa shape index (κ3) is 3.59. The van der Waals surface area contributed by atoms with E-state index in [1.165, 1.54) is 0 Å². The average molecular weight is 412 g/mol. The Morgan fingerprint density at radius 3 is 1.04 bits per heavy atom. The minimum Gasteiger partial charge on any atom is -0.200 e. The van der Waals surface area contributed by atoms with Crippen LogP contribution in [0.1, 0.15) is 19.8 Å². The van der Waals surface area contributed by atoms with E-state index in [4.69, 9.17) is 0 Å². The van der Waals surface area contributed by atoms with Crippen molar-refractivity contribution < 1.29 is 65.9 Å². The monoisotopic (exact) mass is 412 g/mol. The van der Waals surface area contributed by atoms with E-state index in [0.717, 1.165) is 0 Å². The topological polar surface area (TPSA) is 0 Å². The Balaban J connectivity index is 6.00. The number of hydrogen-bond acceptors (Lipinski definition) is 0. The second kappa shape index (κ2) is 5.99. The molecule has 0 atom stereocenters.